The summed E-state index contributed by atoms with van der Waals surface area (Å²) in [6.07, 6.45) is 4.05. The Morgan fingerprint density at radius 3 is 2.08 bits per heavy atom. The fourth-order valence-corrected chi connectivity index (χ4v) is 1.42. The zero-order valence-electron chi connectivity index (χ0n) is 7.02. The SMILES string of the molecule is Brc1cc[n+](-c2ccccc2)cc1. The number of para-hydroxylation sites is 1. The fourth-order valence-electron chi connectivity index (χ4n) is 1.18. The molecule has 1 nitrogen and oxygen atoms in total. The van der Waals surface area contributed by atoms with Gasteiger partial charge in [-0.2, -0.15) is 4.57 Å². The highest BCUT2D eigenvalue weighted by atomic mass is 79.9. The van der Waals surface area contributed by atoms with E-state index < -0.39 is 0 Å². The number of halogens is 1. The van der Waals surface area contributed by atoms with Crippen molar-refractivity contribution in [3.63, 3.8) is 0 Å². The molecule has 0 saturated heterocycles. The van der Waals surface area contributed by atoms with E-state index in [9.17, 15) is 0 Å². The molecule has 0 atom stereocenters. The van der Waals surface area contributed by atoms with E-state index in [1.54, 1.807) is 0 Å². The molecular weight excluding hydrogens is 226 g/mol. The number of pyridine rings is 1. The van der Waals surface area contributed by atoms with Crippen molar-refractivity contribution in [2.45, 2.75) is 0 Å². The molecule has 1 aromatic carbocycles. The van der Waals surface area contributed by atoms with E-state index in [-0.39, 0.29) is 0 Å². The number of benzene rings is 1. The third-order valence-corrected chi connectivity index (χ3v) is 2.37. The van der Waals surface area contributed by atoms with Crippen LogP contribution in [-0.4, -0.2) is 0 Å². The zero-order chi connectivity index (χ0) is 9.10. The summed E-state index contributed by atoms with van der Waals surface area (Å²) in [5, 5.41) is 0. The van der Waals surface area contributed by atoms with E-state index in [0.29, 0.717) is 0 Å². The van der Waals surface area contributed by atoms with Crippen LogP contribution in [0.3, 0.4) is 0 Å². The van der Waals surface area contributed by atoms with Crippen LogP contribution in [0, 0.1) is 0 Å². The van der Waals surface area contributed by atoms with Crippen molar-refractivity contribution in [1.82, 2.24) is 0 Å². The van der Waals surface area contributed by atoms with Gasteiger partial charge in [0.25, 0.3) is 0 Å². The van der Waals surface area contributed by atoms with Crippen molar-refractivity contribution in [2.24, 2.45) is 0 Å². The van der Waals surface area contributed by atoms with Crippen LogP contribution in [0.1, 0.15) is 0 Å². The molecule has 1 aromatic heterocycles. The van der Waals surface area contributed by atoms with Crippen molar-refractivity contribution in [3.8, 4) is 5.69 Å². The molecule has 0 unspecified atom stereocenters. The van der Waals surface area contributed by atoms with Crippen LogP contribution in [0.4, 0.5) is 0 Å². The number of hydrogen-bond donors (Lipinski definition) is 0. The Balaban J connectivity index is 2.42. The number of rotatable bonds is 1. The lowest BCUT2D eigenvalue weighted by atomic mass is 10.3. The van der Waals surface area contributed by atoms with E-state index in [2.05, 4.69) is 32.6 Å². The highest BCUT2D eigenvalue weighted by Gasteiger charge is 2.01. The second kappa shape index (κ2) is 3.71. The first-order valence-electron chi connectivity index (χ1n) is 4.08. The second-order valence-electron chi connectivity index (χ2n) is 2.76. The van der Waals surface area contributed by atoms with Gasteiger partial charge in [-0.15, -0.1) is 0 Å². The molecule has 0 N–H and O–H groups in total. The van der Waals surface area contributed by atoms with Gasteiger partial charge in [0.05, 0.1) is 0 Å². The van der Waals surface area contributed by atoms with Crippen LogP contribution in [0.15, 0.2) is 59.3 Å². The Labute approximate surface area is 85.8 Å². The van der Waals surface area contributed by atoms with Gasteiger partial charge in [0.15, 0.2) is 12.4 Å². The van der Waals surface area contributed by atoms with E-state index >= 15 is 0 Å². The Bertz CT molecular complexity index is 381. The largest absolute Gasteiger partial charge is 0.210 e. The highest BCUT2D eigenvalue weighted by Crippen LogP contribution is 2.05. The minimum atomic E-state index is 1.10. The van der Waals surface area contributed by atoms with Crippen molar-refractivity contribution in [1.29, 1.82) is 0 Å². The molecule has 64 valence electrons. The smallest absolute Gasteiger partial charge is 0.167 e. The van der Waals surface area contributed by atoms with Crippen LogP contribution in [0.2, 0.25) is 0 Å². The van der Waals surface area contributed by atoms with Crippen molar-refractivity contribution in [2.75, 3.05) is 0 Å². The predicted molar refractivity (Wildman–Crippen MR) is 55.7 cm³/mol. The van der Waals surface area contributed by atoms with Crippen LogP contribution in [-0.2, 0) is 0 Å². The van der Waals surface area contributed by atoms with Gasteiger partial charge in [-0.25, -0.2) is 0 Å². The molecule has 13 heavy (non-hydrogen) atoms. The summed E-state index contributed by atoms with van der Waals surface area (Å²) in [4.78, 5) is 0. The van der Waals surface area contributed by atoms with Gasteiger partial charge in [0.1, 0.15) is 0 Å². The summed E-state index contributed by atoms with van der Waals surface area (Å²) in [6.45, 7) is 0. The molecule has 0 spiro atoms. The van der Waals surface area contributed by atoms with E-state index in [0.717, 1.165) is 4.47 Å². The normalized spacial score (nSPS) is 9.92. The van der Waals surface area contributed by atoms with E-state index in [1.807, 2.05) is 42.7 Å². The van der Waals surface area contributed by atoms with E-state index in [4.69, 9.17) is 0 Å². The highest BCUT2D eigenvalue weighted by molar-refractivity contribution is 9.10. The Hall–Kier alpha value is -1.15. The lowest BCUT2D eigenvalue weighted by Crippen LogP contribution is -2.28. The lowest BCUT2D eigenvalue weighted by molar-refractivity contribution is -0.595. The lowest BCUT2D eigenvalue weighted by Gasteiger charge is -1.93. The molecule has 0 amide bonds. The number of hydrogen-bond acceptors (Lipinski definition) is 0. The maximum atomic E-state index is 3.40. The number of aromatic nitrogens is 1. The summed E-state index contributed by atoms with van der Waals surface area (Å²) in [5.74, 6) is 0. The first-order chi connectivity index (χ1) is 6.36. The summed E-state index contributed by atoms with van der Waals surface area (Å²) >= 11 is 3.40. The minimum absolute atomic E-state index is 1.10. The van der Waals surface area contributed by atoms with Gasteiger partial charge in [-0.05, 0) is 0 Å². The van der Waals surface area contributed by atoms with Gasteiger partial charge in [0.2, 0.25) is 5.69 Å². The molecule has 0 saturated carbocycles. The molecule has 0 aliphatic rings. The first-order valence-corrected chi connectivity index (χ1v) is 4.88. The standard InChI is InChI=1S/C11H9BrN/c12-10-6-8-13(9-7-10)11-4-2-1-3-5-11/h1-9H/q+1. The average Bonchev–Trinajstić information content (AvgIpc) is 2.20. The Kier molecular flexibility index (Phi) is 2.41. The zero-order valence-corrected chi connectivity index (χ0v) is 8.61. The van der Waals surface area contributed by atoms with Crippen LogP contribution < -0.4 is 4.57 Å². The summed E-state index contributed by atoms with van der Waals surface area (Å²) in [7, 11) is 0. The quantitative estimate of drug-likeness (QED) is 0.669. The first kappa shape index (κ1) is 8.45. The summed E-state index contributed by atoms with van der Waals surface area (Å²) < 4.78 is 3.17. The summed E-state index contributed by atoms with van der Waals surface area (Å²) in [6, 6.07) is 14.3. The van der Waals surface area contributed by atoms with Crippen molar-refractivity contribution >= 4 is 15.9 Å². The van der Waals surface area contributed by atoms with E-state index in [1.165, 1.54) is 5.69 Å². The Morgan fingerprint density at radius 1 is 0.846 bits per heavy atom. The summed E-state index contributed by atoms with van der Waals surface area (Å²) in [5.41, 5.74) is 1.18. The molecule has 0 bridgehead atoms. The minimum Gasteiger partial charge on any atom is -0.167 e. The van der Waals surface area contributed by atoms with Gasteiger partial charge < -0.3 is 0 Å². The van der Waals surface area contributed by atoms with Gasteiger partial charge in [-0.3, -0.25) is 0 Å². The van der Waals surface area contributed by atoms with Crippen LogP contribution in [0.5, 0.6) is 0 Å². The second-order valence-corrected chi connectivity index (χ2v) is 3.67. The molecule has 2 aromatic rings. The van der Waals surface area contributed by atoms with Crippen LogP contribution >= 0.6 is 15.9 Å². The molecule has 0 aliphatic carbocycles. The predicted octanol–water partition coefficient (Wildman–Crippen LogP) is 2.73. The van der Waals surface area contributed by atoms with Crippen LogP contribution in [0.25, 0.3) is 5.69 Å². The average molecular weight is 235 g/mol. The molecule has 2 heteroatoms. The maximum absolute atomic E-state index is 3.40. The van der Waals surface area contributed by atoms with Gasteiger partial charge in [-0.1, -0.05) is 34.1 Å². The molecule has 0 fully saturated rings. The van der Waals surface area contributed by atoms with Crippen molar-refractivity contribution in [3.05, 3.63) is 59.3 Å². The molecule has 0 aliphatic heterocycles. The molecule has 2 rings (SSSR count). The fraction of sp³-hybridized carbons (Fsp3) is 0. The molecule has 0 radical (unpaired) electrons. The number of nitrogens with zero attached hydrogens (tertiary/aromatic N) is 1. The van der Waals surface area contributed by atoms with Gasteiger partial charge >= 0.3 is 0 Å². The Morgan fingerprint density at radius 2 is 1.46 bits per heavy atom. The topological polar surface area (TPSA) is 3.88 Å². The maximum Gasteiger partial charge on any atom is 0.210 e. The third kappa shape index (κ3) is 1.95. The van der Waals surface area contributed by atoms with Crippen molar-refractivity contribution < 1.29 is 4.57 Å². The molecule has 1 heterocycles. The van der Waals surface area contributed by atoms with Gasteiger partial charge in [0, 0.05) is 28.7 Å². The monoisotopic (exact) mass is 234 g/mol. The third-order valence-electron chi connectivity index (χ3n) is 1.84. The molecular formula is C11H9BrN+.